The quantitative estimate of drug-likeness (QED) is 0.351. The molecule has 3 N–H and O–H groups in total. The molecule has 0 spiro atoms. The first kappa shape index (κ1) is 26.2. The topological polar surface area (TPSA) is 157 Å². The lowest BCUT2D eigenvalue weighted by Gasteiger charge is -2.26. The Bertz CT molecular complexity index is 591. The van der Waals surface area contributed by atoms with Gasteiger partial charge in [-0.05, 0) is 26.2 Å². The van der Waals surface area contributed by atoms with Gasteiger partial charge in [0.2, 0.25) is 0 Å². The van der Waals surface area contributed by atoms with E-state index in [-0.39, 0.29) is 0 Å². The first-order valence-corrected chi connectivity index (χ1v) is 10.0. The molecule has 172 valence electrons. The standard InChI is InChI=1S/C12H14O7.C8H18O3/c1-4-6(11(15)18-9(4)13)8(17-3)7-5(2)10(14)19-12(7)16;1-3-7(10)5-8(11)4-6(2)9/h4-8H,1-3H3;6-11H,3-5H2,1-2H3. The van der Waals surface area contributed by atoms with E-state index in [1.165, 1.54) is 21.0 Å². The van der Waals surface area contributed by atoms with E-state index in [1.807, 2.05) is 6.92 Å². The van der Waals surface area contributed by atoms with Gasteiger partial charge in [0.05, 0.1) is 48.1 Å². The lowest BCUT2D eigenvalue weighted by atomic mass is 9.79. The number of hydrogen-bond donors (Lipinski definition) is 3. The summed E-state index contributed by atoms with van der Waals surface area (Å²) in [5, 5.41) is 27.2. The molecule has 10 nitrogen and oxygen atoms in total. The van der Waals surface area contributed by atoms with Crippen LogP contribution in [0.5, 0.6) is 0 Å². The molecule has 2 fully saturated rings. The fourth-order valence-electron chi connectivity index (χ4n) is 3.55. The minimum Gasteiger partial charge on any atom is -0.393 e. The van der Waals surface area contributed by atoms with Gasteiger partial charge in [0.1, 0.15) is 0 Å². The SMILES string of the molecule is CCC(O)CC(O)CC(C)O.COC(C1C(=O)OC(=O)C1C)C1C(=O)OC(=O)C1C. The minimum absolute atomic E-state index is 0.344. The lowest BCUT2D eigenvalue weighted by Crippen LogP contribution is -2.41. The van der Waals surface area contributed by atoms with Gasteiger partial charge < -0.3 is 29.5 Å². The summed E-state index contributed by atoms with van der Waals surface area (Å²) in [6, 6.07) is 0. The molecule has 0 aromatic heterocycles. The van der Waals surface area contributed by atoms with Crippen LogP contribution in [0.4, 0.5) is 0 Å². The highest BCUT2D eigenvalue weighted by atomic mass is 16.6. The normalized spacial score (nSPS) is 30.1. The second kappa shape index (κ2) is 11.5. The van der Waals surface area contributed by atoms with Gasteiger partial charge in [-0.1, -0.05) is 20.8 Å². The summed E-state index contributed by atoms with van der Waals surface area (Å²) in [7, 11) is 1.32. The second-order valence-corrected chi connectivity index (χ2v) is 7.85. The lowest BCUT2D eigenvalue weighted by molar-refractivity contribution is -0.156. The van der Waals surface area contributed by atoms with Crippen LogP contribution in [-0.4, -0.2) is 70.7 Å². The van der Waals surface area contributed by atoms with Crippen LogP contribution in [0.2, 0.25) is 0 Å². The van der Waals surface area contributed by atoms with Gasteiger partial charge in [-0.3, -0.25) is 19.2 Å². The van der Waals surface area contributed by atoms with Crippen LogP contribution in [0.3, 0.4) is 0 Å². The number of rotatable bonds is 8. The maximum Gasteiger partial charge on any atom is 0.320 e. The molecule has 2 aliphatic rings. The summed E-state index contributed by atoms with van der Waals surface area (Å²) in [6.45, 7) is 6.54. The summed E-state index contributed by atoms with van der Waals surface area (Å²) in [5.41, 5.74) is 0. The maximum atomic E-state index is 11.7. The fourth-order valence-corrected chi connectivity index (χ4v) is 3.55. The van der Waals surface area contributed by atoms with Crippen LogP contribution >= 0.6 is 0 Å². The van der Waals surface area contributed by atoms with Crippen LogP contribution in [0.1, 0.15) is 47.0 Å². The molecule has 7 unspecified atom stereocenters. The van der Waals surface area contributed by atoms with Crippen molar-refractivity contribution in [2.75, 3.05) is 7.11 Å². The molecule has 0 amide bonds. The molecule has 0 saturated carbocycles. The van der Waals surface area contributed by atoms with E-state index in [1.54, 1.807) is 6.92 Å². The maximum absolute atomic E-state index is 11.7. The molecule has 2 rings (SSSR count). The van der Waals surface area contributed by atoms with Crippen molar-refractivity contribution in [1.82, 2.24) is 0 Å². The zero-order chi connectivity index (χ0) is 23.2. The Hall–Kier alpha value is -1.88. The van der Waals surface area contributed by atoms with Crippen molar-refractivity contribution in [2.24, 2.45) is 23.7 Å². The minimum atomic E-state index is -0.914. The molecule has 2 aliphatic heterocycles. The van der Waals surface area contributed by atoms with Crippen LogP contribution < -0.4 is 0 Å². The Labute approximate surface area is 175 Å². The van der Waals surface area contributed by atoms with Gasteiger partial charge in [0.25, 0.3) is 0 Å². The number of aliphatic hydroxyl groups is 3. The number of carbonyl (C=O) groups is 4. The van der Waals surface area contributed by atoms with Crippen LogP contribution in [0, 0.1) is 23.7 Å². The molecular weight excluding hydrogens is 400 g/mol. The highest BCUT2D eigenvalue weighted by Gasteiger charge is 2.55. The highest BCUT2D eigenvalue weighted by molar-refractivity contribution is 5.99. The Morgan fingerprint density at radius 3 is 1.53 bits per heavy atom. The van der Waals surface area contributed by atoms with E-state index >= 15 is 0 Å². The summed E-state index contributed by atoms with van der Waals surface area (Å²) >= 11 is 0. The Morgan fingerprint density at radius 2 is 1.27 bits per heavy atom. The predicted molar refractivity (Wildman–Crippen MR) is 102 cm³/mol. The summed E-state index contributed by atoms with van der Waals surface area (Å²) in [4.78, 5) is 46.1. The fraction of sp³-hybridized carbons (Fsp3) is 0.800. The van der Waals surface area contributed by atoms with Gasteiger partial charge in [-0.2, -0.15) is 0 Å². The number of ether oxygens (including phenoxy) is 3. The van der Waals surface area contributed by atoms with E-state index in [2.05, 4.69) is 9.47 Å². The van der Waals surface area contributed by atoms with Crippen molar-refractivity contribution in [3.63, 3.8) is 0 Å². The van der Waals surface area contributed by atoms with Crippen molar-refractivity contribution in [1.29, 1.82) is 0 Å². The smallest absolute Gasteiger partial charge is 0.320 e. The van der Waals surface area contributed by atoms with Crippen LogP contribution in [0.15, 0.2) is 0 Å². The number of hydrogen-bond acceptors (Lipinski definition) is 10. The summed E-state index contributed by atoms with van der Waals surface area (Å²) < 4.78 is 14.3. The zero-order valence-electron chi connectivity index (χ0n) is 17.9. The van der Waals surface area contributed by atoms with Gasteiger partial charge in [-0.15, -0.1) is 0 Å². The molecule has 0 aromatic rings. The van der Waals surface area contributed by atoms with Crippen LogP contribution in [0.25, 0.3) is 0 Å². The Kier molecular flexibility index (Phi) is 10.0. The number of aliphatic hydroxyl groups excluding tert-OH is 3. The number of carbonyl (C=O) groups excluding carboxylic acids is 4. The molecule has 2 saturated heterocycles. The molecule has 7 atom stereocenters. The molecule has 30 heavy (non-hydrogen) atoms. The van der Waals surface area contributed by atoms with Crippen molar-refractivity contribution >= 4 is 23.9 Å². The average Bonchev–Trinajstić information content (AvgIpc) is 3.04. The van der Waals surface area contributed by atoms with Gasteiger partial charge in [0, 0.05) is 7.11 Å². The predicted octanol–water partition coefficient (Wildman–Crippen LogP) is -0.0480. The van der Waals surface area contributed by atoms with Gasteiger partial charge >= 0.3 is 23.9 Å². The Morgan fingerprint density at radius 1 is 0.833 bits per heavy atom. The number of esters is 4. The van der Waals surface area contributed by atoms with Crippen molar-refractivity contribution in [2.45, 2.75) is 71.4 Å². The second-order valence-electron chi connectivity index (χ2n) is 7.85. The van der Waals surface area contributed by atoms with E-state index in [0.717, 1.165) is 0 Å². The first-order chi connectivity index (χ1) is 13.9. The van der Waals surface area contributed by atoms with Gasteiger partial charge in [0.15, 0.2) is 0 Å². The molecule has 0 radical (unpaired) electrons. The van der Waals surface area contributed by atoms with Crippen molar-refractivity contribution in [3.05, 3.63) is 0 Å². The highest BCUT2D eigenvalue weighted by Crippen LogP contribution is 2.37. The summed E-state index contributed by atoms with van der Waals surface area (Å²) in [5.74, 6) is -6.00. The largest absolute Gasteiger partial charge is 0.393 e. The molecular formula is C20H32O10. The van der Waals surface area contributed by atoms with Crippen LogP contribution in [-0.2, 0) is 33.4 Å². The molecule has 0 aliphatic carbocycles. The van der Waals surface area contributed by atoms with E-state index < -0.39 is 72.0 Å². The van der Waals surface area contributed by atoms with E-state index in [4.69, 9.17) is 14.9 Å². The van der Waals surface area contributed by atoms with Gasteiger partial charge in [-0.25, -0.2) is 0 Å². The molecule has 10 heteroatoms. The molecule has 2 heterocycles. The first-order valence-electron chi connectivity index (χ1n) is 10.0. The monoisotopic (exact) mass is 432 g/mol. The Balaban J connectivity index is 0.000000352. The summed E-state index contributed by atoms with van der Waals surface area (Å²) in [6.07, 6.45) is -1.07. The third-order valence-electron chi connectivity index (χ3n) is 5.38. The number of cyclic esters (lactones) is 4. The zero-order valence-corrected chi connectivity index (χ0v) is 17.9. The van der Waals surface area contributed by atoms with Crippen molar-refractivity contribution < 1.29 is 48.7 Å². The number of methoxy groups -OCH3 is 1. The van der Waals surface area contributed by atoms with E-state index in [9.17, 15) is 24.3 Å². The van der Waals surface area contributed by atoms with Crippen molar-refractivity contribution in [3.8, 4) is 0 Å². The molecule has 0 aromatic carbocycles. The third kappa shape index (κ3) is 6.56. The van der Waals surface area contributed by atoms with E-state index in [0.29, 0.717) is 19.3 Å². The molecule has 0 bridgehead atoms. The average molecular weight is 432 g/mol. The third-order valence-corrected chi connectivity index (χ3v) is 5.38.